The van der Waals surface area contributed by atoms with Gasteiger partial charge in [-0.3, -0.25) is 14.4 Å². The van der Waals surface area contributed by atoms with Crippen molar-refractivity contribution >= 4 is 17.7 Å². The number of aliphatic hydroxyl groups excluding tert-OH is 1. The van der Waals surface area contributed by atoms with Crippen molar-refractivity contribution in [1.82, 2.24) is 14.7 Å². The standard InChI is InChI=1S/C28H45N3O5/c1-8-13-19(6)30(17-10-3)26(35)23-28-15-14-27(12-5,36-28)21(24(33)29(7)16-9-2)22(28)25(34)31(23)20(11-4)18-32/h9-10,19-23,32H,2-3,8,11-18H2,1,4-7H3/t19?,20-,21+,22-,23?,27-,28?/m0/s1. The summed E-state index contributed by atoms with van der Waals surface area (Å²) in [5, 5.41) is 10.2. The summed E-state index contributed by atoms with van der Waals surface area (Å²) in [4.78, 5) is 47.3. The highest BCUT2D eigenvalue weighted by Gasteiger charge is 2.79. The van der Waals surface area contributed by atoms with E-state index in [9.17, 15) is 19.5 Å². The average Bonchev–Trinajstić information content (AvgIpc) is 3.47. The number of fused-ring (bicyclic) bond motifs is 1. The fourth-order valence-corrected chi connectivity index (χ4v) is 7.00. The van der Waals surface area contributed by atoms with Gasteiger partial charge in [-0.15, -0.1) is 13.2 Å². The van der Waals surface area contributed by atoms with E-state index in [1.54, 1.807) is 33.9 Å². The normalized spacial score (nSPS) is 32.2. The lowest BCUT2D eigenvalue weighted by atomic mass is 9.64. The molecular weight excluding hydrogens is 458 g/mol. The molecule has 3 fully saturated rings. The smallest absolute Gasteiger partial charge is 0.248 e. The van der Waals surface area contributed by atoms with Crippen molar-refractivity contribution in [2.75, 3.05) is 26.7 Å². The molecule has 1 spiro atoms. The summed E-state index contributed by atoms with van der Waals surface area (Å²) in [5.74, 6) is -2.02. The van der Waals surface area contributed by atoms with E-state index in [4.69, 9.17) is 4.74 Å². The summed E-state index contributed by atoms with van der Waals surface area (Å²) in [7, 11) is 1.71. The van der Waals surface area contributed by atoms with E-state index < -0.39 is 35.1 Å². The largest absolute Gasteiger partial charge is 0.394 e. The minimum Gasteiger partial charge on any atom is -0.394 e. The number of hydrogen-bond donors (Lipinski definition) is 1. The van der Waals surface area contributed by atoms with Gasteiger partial charge >= 0.3 is 0 Å². The topological polar surface area (TPSA) is 90.4 Å². The van der Waals surface area contributed by atoms with Gasteiger partial charge in [0.1, 0.15) is 11.6 Å². The highest BCUT2D eigenvalue weighted by molar-refractivity contribution is 5.99. The highest BCUT2D eigenvalue weighted by Crippen LogP contribution is 2.65. The van der Waals surface area contributed by atoms with Crippen LogP contribution in [0.5, 0.6) is 0 Å². The molecule has 1 N–H and O–H groups in total. The highest BCUT2D eigenvalue weighted by atomic mass is 16.5. The van der Waals surface area contributed by atoms with Crippen molar-refractivity contribution in [2.24, 2.45) is 11.8 Å². The average molecular weight is 504 g/mol. The number of carbonyl (C=O) groups excluding carboxylic acids is 3. The number of carbonyl (C=O) groups is 3. The monoisotopic (exact) mass is 503 g/mol. The molecule has 0 saturated carbocycles. The van der Waals surface area contributed by atoms with Crippen LogP contribution in [0.4, 0.5) is 0 Å². The van der Waals surface area contributed by atoms with E-state index >= 15 is 0 Å². The molecule has 3 unspecified atom stereocenters. The minimum atomic E-state index is -1.09. The summed E-state index contributed by atoms with van der Waals surface area (Å²) in [6, 6.07) is -1.46. The minimum absolute atomic E-state index is 0.0444. The number of aliphatic hydroxyl groups is 1. The van der Waals surface area contributed by atoms with Gasteiger partial charge in [-0.2, -0.15) is 0 Å². The lowest BCUT2D eigenvalue weighted by Gasteiger charge is -2.41. The van der Waals surface area contributed by atoms with Crippen molar-refractivity contribution in [3.63, 3.8) is 0 Å². The molecule has 202 valence electrons. The van der Waals surface area contributed by atoms with Gasteiger partial charge in [0.05, 0.1) is 30.1 Å². The molecule has 0 aromatic carbocycles. The molecule has 36 heavy (non-hydrogen) atoms. The van der Waals surface area contributed by atoms with E-state index in [1.807, 2.05) is 20.8 Å². The van der Waals surface area contributed by atoms with Gasteiger partial charge in [0, 0.05) is 26.2 Å². The molecular formula is C28H45N3O5. The molecule has 8 nitrogen and oxygen atoms in total. The zero-order chi connectivity index (χ0) is 26.8. The molecule has 2 bridgehead atoms. The Morgan fingerprint density at radius 1 is 1.19 bits per heavy atom. The quantitative estimate of drug-likeness (QED) is 0.391. The summed E-state index contributed by atoms with van der Waals surface area (Å²) >= 11 is 0. The van der Waals surface area contributed by atoms with E-state index in [0.29, 0.717) is 38.8 Å². The molecule has 0 aromatic rings. The van der Waals surface area contributed by atoms with Crippen molar-refractivity contribution in [2.45, 2.75) is 95.5 Å². The lowest BCUT2D eigenvalue weighted by molar-refractivity contribution is -0.158. The van der Waals surface area contributed by atoms with Crippen molar-refractivity contribution in [3.8, 4) is 0 Å². The van der Waals surface area contributed by atoms with E-state index in [-0.39, 0.29) is 30.4 Å². The van der Waals surface area contributed by atoms with Gasteiger partial charge in [0.25, 0.3) is 0 Å². The van der Waals surface area contributed by atoms with Gasteiger partial charge in [-0.25, -0.2) is 0 Å². The van der Waals surface area contributed by atoms with Crippen LogP contribution in [0.15, 0.2) is 25.3 Å². The maximum absolute atomic E-state index is 14.4. The van der Waals surface area contributed by atoms with Crippen LogP contribution < -0.4 is 0 Å². The maximum atomic E-state index is 14.4. The van der Waals surface area contributed by atoms with Crippen LogP contribution in [-0.2, 0) is 19.1 Å². The number of rotatable bonds is 13. The molecule has 3 rings (SSSR count). The van der Waals surface area contributed by atoms with Crippen LogP contribution in [0.3, 0.4) is 0 Å². The van der Waals surface area contributed by atoms with Gasteiger partial charge in [-0.1, -0.05) is 39.3 Å². The summed E-state index contributed by atoms with van der Waals surface area (Å²) in [5.41, 5.74) is -1.87. The van der Waals surface area contributed by atoms with Gasteiger partial charge in [0.2, 0.25) is 17.7 Å². The number of nitrogens with zero attached hydrogens (tertiary/aromatic N) is 3. The Balaban J connectivity index is 2.16. The maximum Gasteiger partial charge on any atom is 0.248 e. The first-order valence-corrected chi connectivity index (χ1v) is 13.5. The Morgan fingerprint density at radius 3 is 2.39 bits per heavy atom. The zero-order valence-corrected chi connectivity index (χ0v) is 22.7. The Hall–Kier alpha value is -2.19. The molecule has 7 atom stereocenters. The molecule has 3 aliphatic rings. The van der Waals surface area contributed by atoms with E-state index in [1.165, 1.54) is 0 Å². The predicted octanol–water partition coefficient (Wildman–Crippen LogP) is 2.76. The second-order valence-electron chi connectivity index (χ2n) is 10.7. The number of hydrogen-bond acceptors (Lipinski definition) is 5. The molecule has 3 amide bonds. The molecule has 3 heterocycles. The van der Waals surface area contributed by atoms with Crippen LogP contribution in [0.1, 0.15) is 66.2 Å². The summed E-state index contributed by atoms with van der Waals surface area (Å²) in [6.07, 6.45) is 7.33. The van der Waals surface area contributed by atoms with Crippen LogP contribution in [0.2, 0.25) is 0 Å². The molecule has 0 aromatic heterocycles. The number of likely N-dealkylation sites (N-methyl/N-ethyl adjacent to an activating group) is 1. The predicted molar refractivity (Wildman–Crippen MR) is 139 cm³/mol. The van der Waals surface area contributed by atoms with Crippen LogP contribution in [-0.4, -0.2) is 93.6 Å². The van der Waals surface area contributed by atoms with Crippen molar-refractivity contribution < 1.29 is 24.2 Å². The summed E-state index contributed by atoms with van der Waals surface area (Å²) < 4.78 is 6.83. The third-order valence-electron chi connectivity index (χ3n) is 8.82. The molecule has 8 heteroatoms. The Kier molecular flexibility index (Phi) is 8.71. The van der Waals surface area contributed by atoms with E-state index in [2.05, 4.69) is 20.1 Å². The third kappa shape index (κ3) is 4.20. The molecule has 0 aliphatic carbocycles. The number of amides is 3. The second kappa shape index (κ2) is 11.1. The van der Waals surface area contributed by atoms with Crippen LogP contribution >= 0.6 is 0 Å². The first kappa shape index (κ1) is 28.4. The Morgan fingerprint density at radius 2 is 1.86 bits per heavy atom. The van der Waals surface area contributed by atoms with Crippen LogP contribution in [0, 0.1) is 11.8 Å². The second-order valence-corrected chi connectivity index (χ2v) is 10.7. The van der Waals surface area contributed by atoms with Gasteiger partial charge in [-0.05, 0) is 39.0 Å². The van der Waals surface area contributed by atoms with Crippen molar-refractivity contribution in [1.29, 1.82) is 0 Å². The van der Waals surface area contributed by atoms with Crippen molar-refractivity contribution in [3.05, 3.63) is 25.3 Å². The molecule has 0 radical (unpaired) electrons. The van der Waals surface area contributed by atoms with Gasteiger partial charge < -0.3 is 24.5 Å². The fraction of sp³-hybridized carbons (Fsp3) is 0.750. The molecule has 3 aliphatic heterocycles. The first-order valence-electron chi connectivity index (χ1n) is 13.5. The molecule has 3 saturated heterocycles. The van der Waals surface area contributed by atoms with Crippen LogP contribution in [0.25, 0.3) is 0 Å². The third-order valence-corrected chi connectivity index (χ3v) is 8.82. The van der Waals surface area contributed by atoms with Gasteiger partial charge in [0.15, 0.2) is 0 Å². The Bertz CT molecular complexity index is 873. The number of ether oxygens (including phenoxy) is 1. The number of likely N-dealkylation sites (tertiary alicyclic amines) is 1. The Labute approximate surface area is 216 Å². The SMILES string of the molecule is C=CCN(C)C(=O)[C@H]1[C@H]2C(=O)N([C@@H](CC)CO)C(C(=O)N(CC=C)C(C)CCC)C23CC[C@]1(CC)O3. The first-order chi connectivity index (χ1) is 17.1. The zero-order valence-electron chi connectivity index (χ0n) is 22.7. The lowest BCUT2D eigenvalue weighted by Crippen LogP contribution is -2.60. The fourth-order valence-electron chi connectivity index (χ4n) is 7.00. The summed E-state index contributed by atoms with van der Waals surface area (Å²) in [6.45, 7) is 16.1. The van der Waals surface area contributed by atoms with E-state index in [0.717, 1.165) is 12.8 Å².